The Morgan fingerprint density at radius 3 is 2.85 bits per heavy atom. The first kappa shape index (κ1) is 14.5. The van der Waals surface area contributed by atoms with Gasteiger partial charge in [0.2, 0.25) is 5.91 Å². The van der Waals surface area contributed by atoms with E-state index < -0.39 is 0 Å². The lowest BCUT2D eigenvalue weighted by Gasteiger charge is -2.26. The molecule has 0 aliphatic rings. The molecule has 0 atom stereocenters. The first-order chi connectivity index (χ1) is 9.63. The Hall–Kier alpha value is -1.88. The summed E-state index contributed by atoms with van der Waals surface area (Å²) in [5, 5.41) is 9.02. The molecular formula is C15H21N3O2. The van der Waals surface area contributed by atoms with Gasteiger partial charge in [0.25, 0.3) is 0 Å². The third kappa shape index (κ3) is 3.17. The van der Waals surface area contributed by atoms with Gasteiger partial charge >= 0.3 is 0 Å². The number of imidazole rings is 1. The van der Waals surface area contributed by atoms with Crippen LogP contribution in [-0.2, 0) is 11.3 Å². The van der Waals surface area contributed by atoms with Gasteiger partial charge in [-0.15, -0.1) is 0 Å². The van der Waals surface area contributed by atoms with Gasteiger partial charge in [0.05, 0.1) is 24.0 Å². The fraction of sp³-hybridized carbons (Fsp3) is 0.467. The summed E-state index contributed by atoms with van der Waals surface area (Å²) >= 11 is 0. The maximum Gasteiger partial charge on any atom is 0.224 e. The van der Waals surface area contributed by atoms with Crippen molar-refractivity contribution in [2.45, 2.75) is 32.9 Å². The van der Waals surface area contributed by atoms with Crippen LogP contribution in [0.15, 0.2) is 30.6 Å². The van der Waals surface area contributed by atoms with E-state index >= 15 is 0 Å². The van der Waals surface area contributed by atoms with Crippen LogP contribution < -0.4 is 0 Å². The largest absolute Gasteiger partial charge is 0.395 e. The summed E-state index contributed by atoms with van der Waals surface area (Å²) in [7, 11) is 0. The maximum absolute atomic E-state index is 12.2. The van der Waals surface area contributed by atoms with E-state index in [1.54, 1.807) is 11.2 Å². The Labute approximate surface area is 118 Å². The summed E-state index contributed by atoms with van der Waals surface area (Å²) in [6, 6.07) is 7.98. The SMILES string of the molecule is CC(C)N(CCO)C(=O)CCn1cnc2ccccc21. The van der Waals surface area contributed by atoms with Crippen molar-refractivity contribution in [2.75, 3.05) is 13.2 Å². The smallest absolute Gasteiger partial charge is 0.224 e. The van der Waals surface area contributed by atoms with Gasteiger partial charge in [0, 0.05) is 25.6 Å². The van der Waals surface area contributed by atoms with Crippen molar-refractivity contribution in [3.63, 3.8) is 0 Å². The molecule has 0 fully saturated rings. The molecule has 1 heterocycles. The molecule has 0 aliphatic carbocycles. The Balaban J connectivity index is 2.02. The van der Waals surface area contributed by atoms with Crippen LogP contribution >= 0.6 is 0 Å². The highest BCUT2D eigenvalue weighted by molar-refractivity contribution is 5.77. The summed E-state index contributed by atoms with van der Waals surface area (Å²) < 4.78 is 1.99. The summed E-state index contributed by atoms with van der Waals surface area (Å²) in [5.74, 6) is 0.0619. The molecule has 0 aliphatic heterocycles. The van der Waals surface area contributed by atoms with Gasteiger partial charge in [-0.05, 0) is 26.0 Å². The minimum atomic E-state index is -0.00206. The molecule has 0 spiro atoms. The molecule has 0 saturated heterocycles. The van der Waals surface area contributed by atoms with Crippen LogP contribution in [0.1, 0.15) is 20.3 Å². The minimum absolute atomic E-state index is 0.00206. The average Bonchev–Trinajstić information content (AvgIpc) is 2.85. The first-order valence-electron chi connectivity index (χ1n) is 6.93. The zero-order valence-corrected chi connectivity index (χ0v) is 12.0. The molecule has 0 bridgehead atoms. The van der Waals surface area contributed by atoms with E-state index in [2.05, 4.69) is 4.98 Å². The number of aliphatic hydroxyl groups is 1. The highest BCUT2D eigenvalue weighted by atomic mass is 16.3. The van der Waals surface area contributed by atoms with E-state index in [1.165, 1.54) is 0 Å². The molecule has 2 aromatic rings. The molecule has 2 rings (SSSR count). The van der Waals surface area contributed by atoms with Crippen molar-refractivity contribution in [3.05, 3.63) is 30.6 Å². The van der Waals surface area contributed by atoms with Gasteiger partial charge in [-0.1, -0.05) is 12.1 Å². The zero-order valence-electron chi connectivity index (χ0n) is 12.0. The molecule has 5 nitrogen and oxygen atoms in total. The van der Waals surface area contributed by atoms with Gasteiger partial charge in [-0.2, -0.15) is 0 Å². The number of carbonyl (C=O) groups is 1. The second-order valence-corrected chi connectivity index (χ2v) is 5.08. The predicted molar refractivity (Wildman–Crippen MR) is 78.3 cm³/mol. The zero-order chi connectivity index (χ0) is 14.5. The molecule has 1 aromatic heterocycles. The molecule has 0 unspecified atom stereocenters. The standard InChI is InChI=1S/C15H21N3O2/c1-12(2)18(9-10-19)15(20)7-8-17-11-16-13-5-3-4-6-14(13)17/h3-6,11-12,19H,7-10H2,1-2H3. The van der Waals surface area contributed by atoms with Crippen LogP contribution in [0.25, 0.3) is 11.0 Å². The third-order valence-corrected chi connectivity index (χ3v) is 3.38. The molecule has 5 heteroatoms. The van der Waals surface area contributed by atoms with Crippen LogP contribution in [0.3, 0.4) is 0 Å². The Morgan fingerprint density at radius 2 is 2.15 bits per heavy atom. The van der Waals surface area contributed by atoms with Crippen molar-refractivity contribution in [1.82, 2.24) is 14.5 Å². The summed E-state index contributed by atoms with van der Waals surface area (Å²) in [4.78, 5) is 18.2. The number of fused-ring (bicyclic) bond motifs is 1. The fourth-order valence-electron chi connectivity index (χ4n) is 2.33. The van der Waals surface area contributed by atoms with Crippen molar-refractivity contribution < 1.29 is 9.90 Å². The van der Waals surface area contributed by atoms with Crippen LogP contribution in [0.4, 0.5) is 0 Å². The van der Waals surface area contributed by atoms with E-state index in [9.17, 15) is 4.79 Å². The quantitative estimate of drug-likeness (QED) is 0.872. The van der Waals surface area contributed by atoms with Gasteiger partial charge in [-0.25, -0.2) is 4.98 Å². The number of hydrogen-bond acceptors (Lipinski definition) is 3. The number of carbonyl (C=O) groups excluding carboxylic acids is 1. The fourth-order valence-corrected chi connectivity index (χ4v) is 2.33. The van der Waals surface area contributed by atoms with E-state index in [1.807, 2.05) is 42.7 Å². The van der Waals surface area contributed by atoms with E-state index in [0.717, 1.165) is 11.0 Å². The van der Waals surface area contributed by atoms with Crippen molar-refractivity contribution in [1.29, 1.82) is 0 Å². The van der Waals surface area contributed by atoms with Crippen molar-refractivity contribution in [3.8, 4) is 0 Å². The number of aryl methyl sites for hydroxylation is 1. The maximum atomic E-state index is 12.2. The summed E-state index contributed by atoms with van der Waals surface area (Å²) in [5.41, 5.74) is 1.98. The minimum Gasteiger partial charge on any atom is -0.395 e. The molecule has 0 saturated carbocycles. The highest BCUT2D eigenvalue weighted by Gasteiger charge is 2.16. The van der Waals surface area contributed by atoms with Gasteiger partial charge in [0.1, 0.15) is 0 Å². The predicted octanol–water partition coefficient (Wildman–Crippen LogP) is 1.66. The number of rotatable bonds is 6. The van der Waals surface area contributed by atoms with Crippen LogP contribution in [-0.4, -0.2) is 44.7 Å². The summed E-state index contributed by atoms with van der Waals surface area (Å²) in [6.45, 7) is 4.91. The number of hydrogen-bond donors (Lipinski definition) is 1. The molecule has 1 aromatic carbocycles. The number of aliphatic hydroxyl groups excluding tert-OH is 1. The van der Waals surface area contributed by atoms with Crippen LogP contribution in [0, 0.1) is 0 Å². The van der Waals surface area contributed by atoms with E-state index in [0.29, 0.717) is 19.5 Å². The van der Waals surface area contributed by atoms with E-state index in [4.69, 9.17) is 5.11 Å². The van der Waals surface area contributed by atoms with Crippen LogP contribution in [0.5, 0.6) is 0 Å². The molecule has 1 N–H and O–H groups in total. The monoisotopic (exact) mass is 275 g/mol. The Morgan fingerprint density at radius 1 is 1.40 bits per heavy atom. The van der Waals surface area contributed by atoms with Crippen molar-refractivity contribution >= 4 is 16.9 Å². The van der Waals surface area contributed by atoms with E-state index in [-0.39, 0.29) is 18.6 Å². The second-order valence-electron chi connectivity index (χ2n) is 5.08. The molecule has 108 valence electrons. The molecular weight excluding hydrogens is 254 g/mol. The van der Waals surface area contributed by atoms with Gasteiger partial charge < -0.3 is 14.6 Å². The number of para-hydroxylation sites is 2. The number of nitrogens with zero attached hydrogens (tertiary/aromatic N) is 3. The number of amides is 1. The normalized spacial score (nSPS) is 11.2. The van der Waals surface area contributed by atoms with Gasteiger partial charge in [0.15, 0.2) is 0 Å². The Bertz CT molecular complexity index is 577. The van der Waals surface area contributed by atoms with Crippen molar-refractivity contribution in [2.24, 2.45) is 0 Å². The average molecular weight is 275 g/mol. The topological polar surface area (TPSA) is 58.4 Å². The van der Waals surface area contributed by atoms with Gasteiger partial charge in [-0.3, -0.25) is 4.79 Å². The lowest BCUT2D eigenvalue weighted by Crippen LogP contribution is -2.39. The Kier molecular flexibility index (Phi) is 4.74. The number of aromatic nitrogens is 2. The highest BCUT2D eigenvalue weighted by Crippen LogP contribution is 2.12. The molecule has 20 heavy (non-hydrogen) atoms. The summed E-state index contributed by atoms with van der Waals surface area (Å²) in [6.07, 6.45) is 2.18. The molecule has 1 amide bonds. The number of benzene rings is 1. The lowest BCUT2D eigenvalue weighted by atomic mass is 10.2. The molecule has 0 radical (unpaired) electrons. The third-order valence-electron chi connectivity index (χ3n) is 3.38. The van der Waals surface area contributed by atoms with Crippen LogP contribution in [0.2, 0.25) is 0 Å². The lowest BCUT2D eigenvalue weighted by molar-refractivity contribution is -0.133. The first-order valence-corrected chi connectivity index (χ1v) is 6.93. The second kappa shape index (κ2) is 6.52.